The molecule has 0 saturated carbocycles. The summed E-state index contributed by atoms with van der Waals surface area (Å²) in [5.41, 5.74) is 3.07. The number of pyridine rings is 1. The van der Waals surface area contributed by atoms with E-state index in [0.717, 1.165) is 22.9 Å². The van der Waals surface area contributed by atoms with Crippen LogP contribution >= 0.6 is 0 Å². The number of hydrogen-bond acceptors (Lipinski definition) is 4. The Kier molecular flexibility index (Phi) is 4.73. The molecule has 0 aliphatic carbocycles. The number of phenols is 1. The first-order valence-corrected chi connectivity index (χ1v) is 8.66. The highest BCUT2D eigenvalue weighted by Gasteiger charge is 2.20. The number of fused-ring (bicyclic) bond motifs is 1. The van der Waals surface area contributed by atoms with E-state index in [-0.39, 0.29) is 5.75 Å². The van der Waals surface area contributed by atoms with Crippen molar-refractivity contribution in [3.8, 4) is 22.8 Å². The van der Waals surface area contributed by atoms with Crippen molar-refractivity contribution in [3.05, 3.63) is 77.5 Å². The van der Waals surface area contributed by atoms with Gasteiger partial charge < -0.3 is 9.84 Å². The van der Waals surface area contributed by atoms with Gasteiger partial charge in [-0.15, -0.1) is 0 Å². The standard InChI is InChI=1S/C21H18F2N2O2/c22-17-5-4-14(9-18(17)23)12-25-7-8-27-21-16(13-25)10-15(11-20(21)26)19-3-1-2-6-24-19/h1-6,9-11,26H,7-8,12-13H2. The second-order valence-electron chi connectivity index (χ2n) is 6.51. The second kappa shape index (κ2) is 7.32. The van der Waals surface area contributed by atoms with Crippen LogP contribution < -0.4 is 4.74 Å². The average molecular weight is 368 g/mol. The monoisotopic (exact) mass is 368 g/mol. The third-order valence-electron chi connectivity index (χ3n) is 4.54. The van der Waals surface area contributed by atoms with Gasteiger partial charge in [0.25, 0.3) is 0 Å². The SMILES string of the molecule is Oc1cc(-c2ccccn2)cc2c1OCCN(Cc1ccc(F)c(F)c1)C2. The third-order valence-corrected chi connectivity index (χ3v) is 4.54. The van der Waals surface area contributed by atoms with E-state index in [1.807, 2.05) is 24.3 Å². The summed E-state index contributed by atoms with van der Waals surface area (Å²) in [6, 6.07) is 13.1. The van der Waals surface area contributed by atoms with Crippen molar-refractivity contribution in [2.75, 3.05) is 13.2 Å². The number of hydrogen-bond donors (Lipinski definition) is 1. The summed E-state index contributed by atoms with van der Waals surface area (Å²) in [6.07, 6.45) is 1.70. The summed E-state index contributed by atoms with van der Waals surface area (Å²) in [4.78, 5) is 6.39. The van der Waals surface area contributed by atoms with Crippen LogP contribution in [-0.2, 0) is 13.1 Å². The first kappa shape index (κ1) is 17.4. The van der Waals surface area contributed by atoms with Crippen LogP contribution in [0.4, 0.5) is 8.78 Å². The Hall–Kier alpha value is -2.99. The molecular formula is C21H18F2N2O2. The van der Waals surface area contributed by atoms with Gasteiger partial charge in [-0.05, 0) is 42.0 Å². The number of benzene rings is 2. The fraction of sp³-hybridized carbons (Fsp3) is 0.190. The second-order valence-corrected chi connectivity index (χ2v) is 6.51. The van der Waals surface area contributed by atoms with E-state index in [2.05, 4.69) is 9.88 Å². The number of ether oxygens (including phenoxy) is 1. The maximum Gasteiger partial charge on any atom is 0.165 e. The molecule has 0 fully saturated rings. The first-order chi connectivity index (χ1) is 13.1. The van der Waals surface area contributed by atoms with E-state index >= 15 is 0 Å². The minimum atomic E-state index is -0.853. The van der Waals surface area contributed by atoms with Crippen LogP contribution in [0.1, 0.15) is 11.1 Å². The summed E-state index contributed by atoms with van der Waals surface area (Å²) in [7, 11) is 0. The maximum atomic E-state index is 13.5. The molecule has 138 valence electrons. The molecule has 1 aliphatic rings. The Morgan fingerprint density at radius 3 is 2.74 bits per heavy atom. The van der Waals surface area contributed by atoms with Gasteiger partial charge in [0.15, 0.2) is 23.1 Å². The highest BCUT2D eigenvalue weighted by Crippen LogP contribution is 2.37. The first-order valence-electron chi connectivity index (χ1n) is 8.66. The zero-order valence-corrected chi connectivity index (χ0v) is 14.5. The van der Waals surface area contributed by atoms with Crippen LogP contribution in [0.2, 0.25) is 0 Å². The van der Waals surface area contributed by atoms with Crippen LogP contribution in [0.15, 0.2) is 54.7 Å². The smallest absolute Gasteiger partial charge is 0.165 e. The molecule has 0 spiro atoms. The number of aromatic nitrogens is 1. The number of nitrogens with zero attached hydrogens (tertiary/aromatic N) is 2. The van der Waals surface area contributed by atoms with Gasteiger partial charge in [0.1, 0.15) is 6.61 Å². The predicted molar refractivity (Wildman–Crippen MR) is 97.3 cm³/mol. The molecular weight excluding hydrogens is 350 g/mol. The molecule has 0 atom stereocenters. The molecule has 2 heterocycles. The molecule has 0 unspecified atom stereocenters. The van der Waals surface area contributed by atoms with Gasteiger partial charge in [0.2, 0.25) is 0 Å². The Balaban J connectivity index is 1.62. The largest absolute Gasteiger partial charge is 0.504 e. The van der Waals surface area contributed by atoms with Crippen LogP contribution in [-0.4, -0.2) is 28.1 Å². The van der Waals surface area contributed by atoms with Crippen LogP contribution in [0.3, 0.4) is 0 Å². The van der Waals surface area contributed by atoms with E-state index in [9.17, 15) is 13.9 Å². The van der Waals surface area contributed by atoms with E-state index in [1.165, 1.54) is 6.07 Å². The molecule has 1 aliphatic heterocycles. The molecule has 1 aromatic heterocycles. The molecule has 2 aromatic carbocycles. The fourth-order valence-corrected chi connectivity index (χ4v) is 3.27. The van der Waals surface area contributed by atoms with E-state index < -0.39 is 11.6 Å². The number of phenolic OH excluding ortho intramolecular Hbond substituents is 1. The van der Waals surface area contributed by atoms with Gasteiger partial charge in [0.05, 0.1) is 5.69 Å². The zero-order chi connectivity index (χ0) is 18.8. The predicted octanol–water partition coefficient (Wildman–Crippen LogP) is 4.13. The highest BCUT2D eigenvalue weighted by molar-refractivity contribution is 5.66. The summed E-state index contributed by atoms with van der Waals surface area (Å²) < 4.78 is 32.4. The quantitative estimate of drug-likeness (QED) is 0.755. The van der Waals surface area contributed by atoms with Crippen molar-refractivity contribution in [2.24, 2.45) is 0 Å². The summed E-state index contributed by atoms with van der Waals surface area (Å²) in [5.74, 6) is -1.17. The van der Waals surface area contributed by atoms with Gasteiger partial charge in [0, 0.05) is 37.0 Å². The third kappa shape index (κ3) is 3.75. The molecule has 3 aromatic rings. The molecule has 4 rings (SSSR count). The minimum Gasteiger partial charge on any atom is -0.504 e. The molecule has 1 N–H and O–H groups in total. The Bertz CT molecular complexity index is 964. The van der Waals surface area contributed by atoms with Crippen LogP contribution in [0.25, 0.3) is 11.3 Å². The van der Waals surface area contributed by atoms with Crippen molar-refractivity contribution >= 4 is 0 Å². The molecule has 0 bridgehead atoms. The normalized spacial score (nSPS) is 14.3. The average Bonchev–Trinajstić information content (AvgIpc) is 2.87. The van der Waals surface area contributed by atoms with Gasteiger partial charge in [-0.3, -0.25) is 9.88 Å². The van der Waals surface area contributed by atoms with Crippen molar-refractivity contribution in [2.45, 2.75) is 13.1 Å². The number of halogens is 2. The fourth-order valence-electron chi connectivity index (χ4n) is 3.27. The highest BCUT2D eigenvalue weighted by atomic mass is 19.2. The van der Waals surface area contributed by atoms with Gasteiger partial charge in [-0.2, -0.15) is 0 Å². The molecule has 0 saturated heterocycles. The summed E-state index contributed by atoms with van der Waals surface area (Å²) >= 11 is 0. The van der Waals surface area contributed by atoms with Crippen molar-refractivity contribution in [3.63, 3.8) is 0 Å². The summed E-state index contributed by atoms with van der Waals surface area (Å²) in [6.45, 7) is 1.97. The van der Waals surface area contributed by atoms with E-state index in [0.29, 0.717) is 37.6 Å². The number of aromatic hydroxyl groups is 1. The lowest BCUT2D eigenvalue weighted by atomic mass is 10.0. The molecule has 6 heteroatoms. The lowest BCUT2D eigenvalue weighted by molar-refractivity contribution is 0.217. The molecule has 27 heavy (non-hydrogen) atoms. The van der Waals surface area contributed by atoms with E-state index in [1.54, 1.807) is 18.3 Å². The Labute approximate surface area is 155 Å². The van der Waals surface area contributed by atoms with Gasteiger partial charge in [-0.25, -0.2) is 8.78 Å². The minimum absolute atomic E-state index is 0.0721. The number of rotatable bonds is 3. The van der Waals surface area contributed by atoms with Gasteiger partial charge in [-0.1, -0.05) is 12.1 Å². The zero-order valence-electron chi connectivity index (χ0n) is 14.5. The van der Waals surface area contributed by atoms with Gasteiger partial charge >= 0.3 is 0 Å². The maximum absolute atomic E-state index is 13.5. The molecule has 0 amide bonds. The molecule has 4 nitrogen and oxygen atoms in total. The van der Waals surface area contributed by atoms with E-state index in [4.69, 9.17) is 4.74 Å². The summed E-state index contributed by atoms with van der Waals surface area (Å²) in [5, 5.41) is 10.4. The van der Waals surface area contributed by atoms with Crippen molar-refractivity contribution < 1.29 is 18.6 Å². The molecule has 0 radical (unpaired) electrons. The van der Waals surface area contributed by atoms with Crippen LogP contribution in [0, 0.1) is 11.6 Å². The Morgan fingerprint density at radius 1 is 1.07 bits per heavy atom. The van der Waals surface area contributed by atoms with Crippen LogP contribution in [0.5, 0.6) is 11.5 Å². The topological polar surface area (TPSA) is 45.6 Å². The lowest BCUT2D eigenvalue weighted by Gasteiger charge is -2.19. The van der Waals surface area contributed by atoms with Crippen molar-refractivity contribution in [1.29, 1.82) is 0 Å². The van der Waals surface area contributed by atoms with Crippen molar-refractivity contribution in [1.82, 2.24) is 9.88 Å². The Morgan fingerprint density at radius 2 is 1.96 bits per heavy atom. The lowest BCUT2D eigenvalue weighted by Crippen LogP contribution is -2.25.